The van der Waals surface area contributed by atoms with Gasteiger partial charge in [-0.2, -0.15) is 0 Å². The first-order valence-corrected chi connectivity index (χ1v) is 21.5. The minimum absolute atomic E-state index is 0.0361. The zero-order valence-electron chi connectivity index (χ0n) is 35.4. The standard InChI is InChI=1S/C37H66N2O27/c38-4-2-1-3-17(45)39-5-6-57-33-27(55)29(21(49)15(10-43)58-33)63-35-28(56)30(22(50)16(11-44)60-35)64-36-32(25(53)20(48)13(8-41)61-36)66-37-31(24(52)19(47)14(9-42)62-37)65-34-26(54)23(51)18(46)12(7-40)59-34/h12-16,18-37,40-44,46-56H,1-11,38H2,(H,39,45)/t12?,13?,14?,15?,16?,18-,19-,20-,21-,22-,23?,24?,25?,26?,27?,28?,29?,30?,31?,32?,33+,34-,35-,36-,37-/m1/s1. The first-order valence-electron chi connectivity index (χ1n) is 21.5. The van der Waals surface area contributed by atoms with E-state index in [1.54, 1.807) is 0 Å². The molecule has 0 aromatic rings. The lowest BCUT2D eigenvalue weighted by atomic mass is 9.95. The normalized spacial score (nSPS) is 46.8. The van der Waals surface area contributed by atoms with Gasteiger partial charge in [0.05, 0.1) is 39.6 Å². The quantitative estimate of drug-likeness (QED) is 0.0475. The maximum absolute atomic E-state index is 12.1. The molecule has 386 valence electrons. The highest BCUT2D eigenvalue weighted by Crippen LogP contribution is 2.36. The summed E-state index contributed by atoms with van der Waals surface area (Å²) in [5.74, 6) is -0.293. The predicted molar refractivity (Wildman–Crippen MR) is 206 cm³/mol. The van der Waals surface area contributed by atoms with Gasteiger partial charge in [0.2, 0.25) is 5.91 Å². The SMILES string of the molecule is NCCCCC(=O)NCCO[C@H]1OC(CO)[C@@H](O)C(O[C@H]2OC(CO)[C@@H](O)C(O[C@H]3OC(CO)[C@@H](O)C(O)C3O[C@H]3OC(CO)[C@@H](O)C(O)C3O[C@H]3OC(CO)[C@@H](O)C(O)C3O)C2O)C1O. The molecule has 0 aliphatic carbocycles. The van der Waals surface area contributed by atoms with Crippen molar-refractivity contribution in [2.24, 2.45) is 5.73 Å². The zero-order valence-corrected chi connectivity index (χ0v) is 35.4. The van der Waals surface area contributed by atoms with Gasteiger partial charge in [-0.05, 0) is 19.4 Å². The van der Waals surface area contributed by atoms with Crippen LogP contribution in [-0.4, -0.2) is 294 Å². The molecule has 0 saturated carbocycles. The van der Waals surface area contributed by atoms with Gasteiger partial charge in [-0.15, -0.1) is 0 Å². The second-order valence-electron chi connectivity index (χ2n) is 16.4. The number of aliphatic hydroxyl groups is 16. The molecule has 66 heavy (non-hydrogen) atoms. The Balaban J connectivity index is 1.36. The predicted octanol–water partition coefficient (Wildman–Crippen LogP) is -11.7. The molecule has 5 saturated heterocycles. The minimum Gasteiger partial charge on any atom is -0.394 e. The average Bonchev–Trinajstić information content (AvgIpc) is 3.30. The van der Waals surface area contributed by atoms with Gasteiger partial charge in [-0.1, -0.05) is 0 Å². The lowest BCUT2D eigenvalue weighted by Crippen LogP contribution is -2.68. The lowest BCUT2D eigenvalue weighted by Gasteiger charge is -2.50. The van der Waals surface area contributed by atoms with Crippen molar-refractivity contribution in [3.8, 4) is 0 Å². The molecule has 0 bridgehead atoms. The topological polar surface area (TPSA) is 471 Å². The van der Waals surface area contributed by atoms with Crippen LogP contribution in [-0.2, 0) is 52.2 Å². The van der Waals surface area contributed by atoms with E-state index in [4.69, 9.17) is 53.1 Å². The second-order valence-corrected chi connectivity index (χ2v) is 16.4. The van der Waals surface area contributed by atoms with Crippen molar-refractivity contribution in [1.82, 2.24) is 5.32 Å². The number of rotatable bonds is 21. The highest BCUT2D eigenvalue weighted by atomic mass is 16.8. The third-order valence-electron chi connectivity index (χ3n) is 11.9. The molecule has 0 aromatic carbocycles. The van der Waals surface area contributed by atoms with Crippen LogP contribution in [0.25, 0.3) is 0 Å². The fourth-order valence-corrected chi connectivity index (χ4v) is 7.98. The summed E-state index contributed by atoms with van der Waals surface area (Å²) in [6.07, 6.45) is -46.3. The molecule has 0 spiro atoms. The summed E-state index contributed by atoms with van der Waals surface area (Å²) in [7, 11) is 0. The average molecular weight is 971 g/mol. The van der Waals surface area contributed by atoms with Crippen molar-refractivity contribution in [1.29, 1.82) is 0 Å². The van der Waals surface area contributed by atoms with Gasteiger partial charge >= 0.3 is 0 Å². The van der Waals surface area contributed by atoms with Crippen LogP contribution in [0.3, 0.4) is 0 Å². The first-order chi connectivity index (χ1) is 31.5. The molecule has 25 atom stereocenters. The van der Waals surface area contributed by atoms with Gasteiger partial charge in [-0.25, -0.2) is 0 Å². The van der Waals surface area contributed by atoms with Crippen LogP contribution in [0.4, 0.5) is 0 Å². The van der Waals surface area contributed by atoms with E-state index >= 15 is 0 Å². The largest absolute Gasteiger partial charge is 0.394 e. The lowest BCUT2D eigenvalue weighted by molar-refractivity contribution is -0.407. The van der Waals surface area contributed by atoms with Gasteiger partial charge in [0.1, 0.15) is 122 Å². The number of nitrogens with two attached hydrogens (primary N) is 1. The number of carbonyl (C=O) groups excluding carboxylic acids is 1. The third-order valence-corrected chi connectivity index (χ3v) is 11.9. The number of carbonyl (C=O) groups is 1. The summed E-state index contributed by atoms with van der Waals surface area (Å²) in [4.78, 5) is 12.1. The van der Waals surface area contributed by atoms with Crippen LogP contribution in [0.5, 0.6) is 0 Å². The van der Waals surface area contributed by atoms with E-state index in [1.165, 1.54) is 0 Å². The maximum Gasteiger partial charge on any atom is 0.220 e. The van der Waals surface area contributed by atoms with Crippen molar-refractivity contribution in [3.63, 3.8) is 0 Å². The molecule has 5 aliphatic rings. The van der Waals surface area contributed by atoms with Crippen molar-refractivity contribution in [3.05, 3.63) is 0 Å². The van der Waals surface area contributed by atoms with Crippen molar-refractivity contribution < 1.29 is 134 Å². The number of nitrogens with one attached hydrogen (secondary N) is 1. The molecule has 5 aliphatic heterocycles. The summed E-state index contributed by atoms with van der Waals surface area (Å²) in [6, 6.07) is 0. The van der Waals surface area contributed by atoms with E-state index in [1.807, 2.05) is 0 Å². The Labute approximate surface area is 376 Å². The Morgan fingerprint density at radius 1 is 0.424 bits per heavy atom. The van der Waals surface area contributed by atoms with Gasteiger partial charge in [-0.3, -0.25) is 4.79 Å². The molecular formula is C37H66N2O27. The smallest absolute Gasteiger partial charge is 0.220 e. The molecule has 19 N–H and O–H groups in total. The number of ether oxygens (including phenoxy) is 10. The number of aliphatic hydroxyl groups excluding tert-OH is 16. The molecule has 29 nitrogen and oxygen atoms in total. The van der Waals surface area contributed by atoms with Crippen molar-refractivity contribution >= 4 is 5.91 Å². The molecule has 0 radical (unpaired) electrons. The van der Waals surface area contributed by atoms with Crippen molar-refractivity contribution in [2.75, 3.05) is 52.7 Å². The second kappa shape index (κ2) is 25.5. The molecule has 0 aromatic heterocycles. The van der Waals surface area contributed by atoms with Crippen LogP contribution in [0.15, 0.2) is 0 Å². The minimum atomic E-state index is -2.18. The van der Waals surface area contributed by atoms with E-state index in [2.05, 4.69) is 5.32 Å². The molecule has 5 fully saturated rings. The summed E-state index contributed by atoms with van der Waals surface area (Å²) < 4.78 is 56.6. The third kappa shape index (κ3) is 12.6. The zero-order chi connectivity index (χ0) is 48.6. The van der Waals surface area contributed by atoms with E-state index < -0.39 is 187 Å². The molecule has 15 unspecified atom stereocenters. The van der Waals surface area contributed by atoms with E-state index in [0.717, 1.165) is 0 Å². The molecule has 5 heterocycles. The molecule has 1 amide bonds. The summed E-state index contributed by atoms with van der Waals surface area (Å²) in [6.45, 7) is -4.51. The van der Waals surface area contributed by atoms with Crippen LogP contribution >= 0.6 is 0 Å². The van der Waals surface area contributed by atoms with E-state index in [9.17, 15) is 86.5 Å². The van der Waals surface area contributed by atoms with Crippen LogP contribution < -0.4 is 11.1 Å². The maximum atomic E-state index is 12.1. The summed E-state index contributed by atoms with van der Waals surface area (Å²) in [5, 5.41) is 173. The number of unbranched alkanes of at least 4 members (excludes halogenated alkanes) is 1. The van der Waals surface area contributed by atoms with E-state index in [-0.39, 0.29) is 25.5 Å². The number of amides is 1. The fourth-order valence-electron chi connectivity index (χ4n) is 7.98. The van der Waals surface area contributed by atoms with Crippen LogP contribution in [0.2, 0.25) is 0 Å². The fraction of sp³-hybridized carbons (Fsp3) is 0.973. The Kier molecular flexibility index (Phi) is 21.4. The summed E-state index contributed by atoms with van der Waals surface area (Å²) >= 11 is 0. The van der Waals surface area contributed by atoms with Gasteiger partial charge in [0, 0.05) is 13.0 Å². The van der Waals surface area contributed by atoms with Crippen molar-refractivity contribution in [2.45, 2.75) is 173 Å². The Hall–Kier alpha value is -1.61. The molecule has 29 heteroatoms. The van der Waals surface area contributed by atoms with Crippen LogP contribution in [0, 0.1) is 0 Å². The monoisotopic (exact) mass is 970 g/mol. The Morgan fingerprint density at radius 3 is 1.26 bits per heavy atom. The van der Waals surface area contributed by atoms with Crippen LogP contribution in [0.1, 0.15) is 19.3 Å². The number of hydrogen-bond donors (Lipinski definition) is 18. The van der Waals surface area contributed by atoms with Gasteiger partial charge in [0.15, 0.2) is 31.5 Å². The molecule has 5 rings (SSSR count). The Bertz CT molecular complexity index is 1450. The summed E-state index contributed by atoms with van der Waals surface area (Å²) in [5.41, 5.74) is 5.45. The van der Waals surface area contributed by atoms with Gasteiger partial charge < -0.3 is 140 Å². The highest BCUT2D eigenvalue weighted by Gasteiger charge is 2.57. The van der Waals surface area contributed by atoms with E-state index in [0.29, 0.717) is 19.4 Å². The Morgan fingerprint density at radius 2 is 0.788 bits per heavy atom. The first kappa shape index (κ1) is 55.3. The highest BCUT2D eigenvalue weighted by molar-refractivity contribution is 5.75. The van der Waals surface area contributed by atoms with Gasteiger partial charge in [0.25, 0.3) is 0 Å². The number of hydrogen-bond acceptors (Lipinski definition) is 28. The molecular weight excluding hydrogens is 904 g/mol.